The maximum atomic E-state index is 13.7. The first-order valence-corrected chi connectivity index (χ1v) is 16.2. The summed E-state index contributed by atoms with van der Waals surface area (Å²) in [5, 5.41) is 2.87. The first kappa shape index (κ1) is 35.8. The maximum Gasteiger partial charge on any atom is 0.514 e. The highest BCUT2D eigenvalue weighted by Gasteiger charge is 2.27. The van der Waals surface area contributed by atoms with Crippen LogP contribution < -0.4 is 29.7 Å². The van der Waals surface area contributed by atoms with Crippen LogP contribution in [0, 0.1) is 6.92 Å². The lowest BCUT2D eigenvalue weighted by Gasteiger charge is -2.23. The van der Waals surface area contributed by atoms with Crippen molar-refractivity contribution < 1.29 is 47.2 Å². The van der Waals surface area contributed by atoms with Gasteiger partial charge in [0.05, 0.1) is 24.2 Å². The monoisotopic (exact) mass is 687 g/mol. The Morgan fingerprint density at radius 1 is 0.800 bits per heavy atom. The van der Waals surface area contributed by atoms with E-state index >= 15 is 0 Å². The summed E-state index contributed by atoms with van der Waals surface area (Å²) < 4.78 is 39.1. The third-order valence-electron chi connectivity index (χ3n) is 7.22. The number of carbonyl (C=O) groups excluding carboxylic acids is 3. The van der Waals surface area contributed by atoms with Crippen LogP contribution in [0.5, 0.6) is 23.0 Å². The first-order valence-electron chi connectivity index (χ1n) is 16.2. The van der Waals surface area contributed by atoms with Crippen molar-refractivity contribution in [3.63, 3.8) is 0 Å². The molecule has 12 nitrogen and oxygen atoms in total. The van der Waals surface area contributed by atoms with Crippen molar-refractivity contribution in [2.24, 2.45) is 0 Å². The van der Waals surface area contributed by atoms with Crippen LogP contribution in [-0.2, 0) is 20.7 Å². The van der Waals surface area contributed by atoms with Gasteiger partial charge < -0.3 is 38.2 Å². The molecule has 4 aromatic rings. The van der Waals surface area contributed by atoms with Crippen LogP contribution in [0.3, 0.4) is 0 Å². The SMILES string of the molecule is Cc1oc2cc(OC(=O)[C@H](Cc3ccc(OC(=O)OC(C)(C)C)cc3)NC(=O)OC(C)(C)C)ccc2c(=O)c1-c1ccc2c(c1)OCCCO2. The Labute approximate surface area is 289 Å². The minimum Gasteiger partial charge on any atom is -0.490 e. The lowest BCUT2D eigenvalue weighted by molar-refractivity contribution is -0.136. The molecule has 0 aliphatic carbocycles. The molecule has 1 aliphatic heterocycles. The molecule has 0 unspecified atom stereocenters. The van der Waals surface area contributed by atoms with Crippen molar-refractivity contribution in [2.45, 2.75) is 78.6 Å². The molecule has 0 fully saturated rings. The van der Waals surface area contributed by atoms with Crippen molar-refractivity contribution in [1.82, 2.24) is 5.32 Å². The van der Waals surface area contributed by atoms with Gasteiger partial charge in [0, 0.05) is 18.9 Å². The summed E-state index contributed by atoms with van der Waals surface area (Å²) in [7, 11) is 0. The van der Waals surface area contributed by atoms with E-state index in [4.69, 9.17) is 32.8 Å². The van der Waals surface area contributed by atoms with Crippen LogP contribution in [0.25, 0.3) is 22.1 Å². The summed E-state index contributed by atoms with van der Waals surface area (Å²) >= 11 is 0. The predicted molar refractivity (Wildman–Crippen MR) is 184 cm³/mol. The molecule has 12 heteroatoms. The van der Waals surface area contributed by atoms with Crippen LogP contribution in [0.1, 0.15) is 59.3 Å². The van der Waals surface area contributed by atoms with E-state index in [-0.39, 0.29) is 34.3 Å². The number of rotatable bonds is 7. The number of alkyl carbamates (subject to hydrolysis) is 1. The Bertz CT molecular complexity index is 1950. The third-order valence-corrected chi connectivity index (χ3v) is 7.22. The predicted octanol–water partition coefficient (Wildman–Crippen LogP) is 7.29. The minimum absolute atomic E-state index is 0.0193. The number of amides is 1. The fraction of sp³-hybridized carbons (Fsp3) is 0.368. The van der Waals surface area contributed by atoms with E-state index in [0.29, 0.717) is 47.2 Å². The van der Waals surface area contributed by atoms with E-state index in [0.717, 1.165) is 6.42 Å². The second-order valence-electron chi connectivity index (χ2n) is 13.8. The number of aryl methyl sites for hydroxylation is 1. The Kier molecular flexibility index (Phi) is 10.4. The molecule has 0 radical (unpaired) electrons. The van der Waals surface area contributed by atoms with Crippen LogP contribution in [0.4, 0.5) is 9.59 Å². The average molecular weight is 688 g/mol. The van der Waals surface area contributed by atoms with Crippen LogP contribution >= 0.6 is 0 Å². The van der Waals surface area contributed by atoms with E-state index in [9.17, 15) is 19.2 Å². The van der Waals surface area contributed by atoms with Gasteiger partial charge in [-0.3, -0.25) is 4.79 Å². The molecule has 1 aliphatic rings. The smallest absolute Gasteiger partial charge is 0.490 e. The van der Waals surface area contributed by atoms with E-state index in [1.165, 1.54) is 18.2 Å². The van der Waals surface area contributed by atoms with Gasteiger partial charge in [-0.05, 0) is 96.0 Å². The summed E-state index contributed by atoms with van der Waals surface area (Å²) in [4.78, 5) is 52.0. The third kappa shape index (κ3) is 9.34. The number of benzene rings is 3. The van der Waals surface area contributed by atoms with Gasteiger partial charge in [-0.25, -0.2) is 14.4 Å². The quantitative estimate of drug-likeness (QED) is 0.119. The first-order chi connectivity index (χ1) is 23.5. The van der Waals surface area contributed by atoms with Gasteiger partial charge in [0.2, 0.25) is 5.43 Å². The van der Waals surface area contributed by atoms with Crippen molar-refractivity contribution in [3.05, 3.63) is 82.2 Å². The van der Waals surface area contributed by atoms with Crippen LogP contribution in [0.2, 0.25) is 0 Å². The van der Waals surface area contributed by atoms with Crippen molar-refractivity contribution in [3.8, 4) is 34.1 Å². The molecule has 0 spiro atoms. The van der Waals surface area contributed by atoms with Crippen molar-refractivity contribution >= 4 is 29.2 Å². The van der Waals surface area contributed by atoms with Crippen LogP contribution in [0.15, 0.2) is 69.9 Å². The molecular formula is C38H41NO11. The molecular weight excluding hydrogens is 646 g/mol. The molecule has 1 amide bonds. The second-order valence-corrected chi connectivity index (χ2v) is 13.8. The highest BCUT2D eigenvalue weighted by atomic mass is 16.7. The summed E-state index contributed by atoms with van der Waals surface area (Å²) in [6.07, 6.45) is -0.890. The number of hydrogen-bond acceptors (Lipinski definition) is 11. The van der Waals surface area contributed by atoms with Gasteiger partial charge in [-0.1, -0.05) is 18.2 Å². The minimum atomic E-state index is -1.17. The number of ether oxygens (including phenoxy) is 6. The Hall–Kier alpha value is -5.52. The topological polar surface area (TPSA) is 149 Å². The van der Waals surface area contributed by atoms with Gasteiger partial charge in [-0.2, -0.15) is 0 Å². The standard InChI is InChI=1S/C38H41NO11/c1-22-32(24-11-16-29-31(20-24)45-18-8-17-44-29)33(40)27-15-14-26(21-30(27)46-22)47-34(41)28(39-35(42)49-37(2,3)4)19-23-9-12-25(13-10-23)48-36(43)50-38(5,6)7/h9-16,20-21,28H,8,17-19H2,1-7H3,(H,39,42)/t28-/m0/s1. The molecule has 0 saturated carbocycles. The fourth-order valence-corrected chi connectivity index (χ4v) is 5.13. The van der Waals surface area contributed by atoms with Gasteiger partial charge >= 0.3 is 18.2 Å². The zero-order valence-electron chi connectivity index (χ0n) is 29.2. The van der Waals surface area contributed by atoms with Gasteiger partial charge in [0.25, 0.3) is 0 Å². The molecule has 0 saturated heterocycles. The van der Waals surface area contributed by atoms with Gasteiger partial charge in [0.1, 0.15) is 40.1 Å². The number of esters is 1. The van der Waals surface area contributed by atoms with E-state index in [2.05, 4.69) is 5.32 Å². The zero-order valence-corrected chi connectivity index (χ0v) is 29.2. The molecule has 1 N–H and O–H groups in total. The lowest BCUT2D eigenvalue weighted by atomic mass is 10.0. The Morgan fingerprint density at radius 3 is 2.14 bits per heavy atom. The lowest BCUT2D eigenvalue weighted by Crippen LogP contribution is -2.46. The maximum absolute atomic E-state index is 13.7. The molecule has 2 heterocycles. The largest absolute Gasteiger partial charge is 0.514 e. The number of fused-ring (bicyclic) bond motifs is 2. The normalized spacial score (nSPS) is 13.5. The van der Waals surface area contributed by atoms with Crippen molar-refractivity contribution in [2.75, 3.05) is 13.2 Å². The second kappa shape index (κ2) is 14.5. The molecule has 3 aromatic carbocycles. The van der Waals surface area contributed by atoms with Crippen molar-refractivity contribution in [1.29, 1.82) is 0 Å². The summed E-state index contributed by atoms with van der Waals surface area (Å²) in [5.41, 5.74) is 0.0456. The highest BCUT2D eigenvalue weighted by Crippen LogP contribution is 2.35. The highest BCUT2D eigenvalue weighted by molar-refractivity contribution is 5.87. The summed E-state index contributed by atoms with van der Waals surface area (Å²) in [5.74, 6) is 1.09. The Balaban J connectivity index is 1.36. The average Bonchev–Trinajstić information content (AvgIpc) is 3.25. The molecule has 1 aromatic heterocycles. The van der Waals surface area contributed by atoms with E-state index < -0.39 is 35.5 Å². The molecule has 0 bridgehead atoms. The Morgan fingerprint density at radius 2 is 1.46 bits per heavy atom. The van der Waals surface area contributed by atoms with Gasteiger partial charge in [-0.15, -0.1) is 0 Å². The molecule has 50 heavy (non-hydrogen) atoms. The van der Waals surface area contributed by atoms with Gasteiger partial charge in [0.15, 0.2) is 11.5 Å². The molecule has 1 atom stereocenters. The number of hydrogen-bond donors (Lipinski definition) is 1. The summed E-state index contributed by atoms with van der Waals surface area (Å²) in [6.45, 7) is 13.0. The number of nitrogens with one attached hydrogen (secondary N) is 1. The zero-order chi connectivity index (χ0) is 36.2. The van der Waals surface area contributed by atoms with Crippen LogP contribution in [-0.4, -0.2) is 48.7 Å². The summed E-state index contributed by atoms with van der Waals surface area (Å²) in [6, 6.07) is 15.0. The van der Waals surface area contributed by atoms with E-state index in [1.807, 2.05) is 0 Å². The number of carbonyl (C=O) groups is 3. The fourth-order valence-electron chi connectivity index (χ4n) is 5.13. The molecule has 5 rings (SSSR count). The molecule has 264 valence electrons. The van der Waals surface area contributed by atoms with E-state index in [1.54, 1.807) is 90.9 Å².